The Morgan fingerprint density at radius 1 is 1.16 bits per heavy atom. The van der Waals surface area contributed by atoms with Crippen LogP contribution in [0.3, 0.4) is 0 Å². The first-order valence-electron chi connectivity index (χ1n) is 5.70. The third-order valence-corrected chi connectivity index (χ3v) is 3.74. The predicted octanol–water partition coefficient (Wildman–Crippen LogP) is 4.46. The van der Waals surface area contributed by atoms with Crippen LogP contribution in [0.15, 0.2) is 40.9 Å². The van der Waals surface area contributed by atoms with E-state index in [9.17, 15) is 13.6 Å². The van der Waals surface area contributed by atoms with E-state index in [1.54, 1.807) is 18.2 Å². The van der Waals surface area contributed by atoms with E-state index in [4.69, 9.17) is 0 Å². The Morgan fingerprint density at radius 2 is 1.89 bits per heavy atom. The highest BCUT2D eigenvalue weighted by Gasteiger charge is 2.12. The first-order valence-corrected chi connectivity index (χ1v) is 6.50. The third kappa shape index (κ3) is 3.26. The fraction of sp³-hybridized carbons (Fsp3) is 0.133. The van der Waals surface area contributed by atoms with Gasteiger partial charge in [0.05, 0.1) is 0 Å². The Hall–Kier alpha value is -1.55. The molecule has 0 radical (unpaired) electrons. The highest BCUT2D eigenvalue weighted by atomic mass is 79.9. The molecule has 2 rings (SSSR count). The molecule has 0 heterocycles. The molecule has 0 saturated carbocycles. The largest absolute Gasteiger partial charge is 0.294 e. The first kappa shape index (κ1) is 13.9. The standard InChI is InChI=1S/C15H11BrF2O/c1-9-6-11(3-5-13(9)16)15(19)7-10-2-4-12(17)8-14(10)18/h2-6,8H,7H2,1H3. The average Bonchev–Trinajstić information content (AvgIpc) is 2.36. The zero-order valence-corrected chi connectivity index (χ0v) is 11.8. The maximum absolute atomic E-state index is 13.5. The fourth-order valence-corrected chi connectivity index (χ4v) is 2.00. The van der Waals surface area contributed by atoms with Gasteiger partial charge in [0.1, 0.15) is 11.6 Å². The van der Waals surface area contributed by atoms with Crippen LogP contribution in [0.4, 0.5) is 8.78 Å². The van der Waals surface area contributed by atoms with Crippen LogP contribution < -0.4 is 0 Å². The van der Waals surface area contributed by atoms with Crippen LogP contribution in [-0.4, -0.2) is 5.78 Å². The molecular formula is C15H11BrF2O. The highest BCUT2D eigenvalue weighted by Crippen LogP contribution is 2.19. The van der Waals surface area contributed by atoms with E-state index in [-0.39, 0.29) is 17.8 Å². The molecule has 2 aromatic carbocycles. The van der Waals surface area contributed by atoms with Crippen molar-refractivity contribution in [2.24, 2.45) is 0 Å². The molecule has 19 heavy (non-hydrogen) atoms. The van der Waals surface area contributed by atoms with Crippen LogP contribution in [0.2, 0.25) is 0 Å². The minimum absolute atomic E-state index is 0.0762. The van der Waals surface area contributed by atoms with Crippen molar-refractivity contribution in [1.82, 2.24) is 0 Å². The molecule has 1 nitrogen and oxygen atoms in total. The summed E-state index contributed by atoms with van der Waals surface area (Å²) in [5.41, 5.74) is 1.65. The summed E-state index contributed by atoms with van der Waals surface area (Å²) in [6.45, 7) is 1.87. The van der Waals surface area contributed by atoms with E-state index in [2.05, 4.69) is 15.9 Å². The number of ketones is 1. The van der Waals surface area contributed by atoms with Crippen molar-refractivity contribution in [1.29, 1.82) is 0 Å². The minimum Gasteiger partial charge on any atom is -0.294 e. The minimum atomic E-state index is -0.692. The number of benzene rings is 2. The van der Waals surface area contributed by atoms with Crippen molar-refractivity contribution >= 4 is 21.7 Å². The second-order valence-electron chi connectivity index (χ2n) is 4.30. The lowest BCUT2D eigenvalue weighted by atomic mass is 10.0. The van der Waals surface area contributed by atoms with Crippen molar-refractivity contribution in [2.45, 2.75) is 13.3 Å². The van der Waals surface area contributed by atoms with Crippen LogP contribution in [-0.2, 0) is 6.42 Å². The van der Waals surface area contributed by atoms with Gasteiger partial charge in [-0.25, -0.2) is 8.78 Å². The van der Waals surface area contributed by atoms with Crippen LogP contribution in [0.5, 0.6) is 0 Å². The molecule has 0 aliphatic heterocycles. The molecule has 2 aromatic rings. The van der Waals surface area contributed by atoms with E-state index < -0.39 is 11.6 Å². The first-order chi connectivity index (χ1) is 8.97. The third-order valence-electron chi connectivity index (χ3n) is 2.85. The predicted molar refractivity (Wildman–Crippen MR) is 73.3 cm³/mol. The van der Waals surface area contributed by atoms with E-state index in [0.717, 1.165) is 22.2 Å². The molecule has 0 unspecified atom stereocenters. The highest BCUT2D eigenvalue weighted by molar-refractivity contribution is 9.10. The second kappa shape index (κ2) is 5.61. The number of hydrogen-bond donors (Lipinski definition) is 0. The summed E-state index contributed by atoms with van der Waals surface area (Å²) < 4.78 is 27.2. The number of carbonyl (C=O) groups excluding carboxylic acids is 1. The van der Waals surface area contributed by atoms with E-state index in [1.807, 2.05) is 6.92 Å². The van der Waals surface area contributed by atoms with Crippen LogP contribution in [0, 0.1) is 18.6 Å². The Labute approximate surface area is 118 Å². The summed E-state index contributed by atoms with van der Waals surface area (Å²) in [7, 11) is 0. The normalized spacial score (nSPS) is 10.5. The van der Waals surface area contributed by atoms with Crippen molar-refractivity contribution < 1.29 is 13.6 Å². The molecule has 0 spiro atoms. The number of halogens is 3. The zero-order chi connectivity index (χ0) is 14.0. The van der Waals surface area contributed by atoms with Gasteiger partial charge in [-0.1, -0.05) is 28.1 Å². The van der Waals surface area contributed by atoms with Crippen molar-refractivity contribution in [3.05, 3.63) is 69.2 Å². The molecular weight excluding hydrogens is 314 g/mol. The average molecular weight is 325 g/mol. The molecule has 0 N–H and O–H groups in total. The summed E-state index contributed by atoms with van der Waals surface area (Å²) in [4.78, 5) is 12.0. The van der Waals surface area contributed by atoms with Gasteiger partial charge in [0.15, 0.2) is 5.78 Å². The van der Waals surface area contributed by atoms with Gasteiger partial charge in [-0.2, -0.15) is 0 Å². The maximum Gasteiger partial charge on any atom is 0.167 e. The summed E-state index contributed by atoms with van der Waals surface area (Å²) in [5.74, 6) is -1.53. The molecule has 0 aliphatic rings. The Kier molecular flexibility index (Phi) is 4.10. The maximum atomic E-state index is 13.5. The van der Waals surface area contributed by atoms with E-state index >= 15 is 0 Å². The molecule has 98 valence electrons. The molecule has 4 heteroatoms. The summed E-state index contributed by atoms with van der Waals surface area (Å²) >= 11 is 3.35. The van der Waals surface area contributed by atoms with Gasteiger partial charge in [0.25, 0.3) is 0 Å². The number of rotatable bonds is 3. The van der Waals surface area contributed by atoms with Gasteiger partial charge in [-0.05, 0) is 36.2 Å². The number of carbonyl (C=O) groups is 1. The quantitative estimate of drug-likeness (QED) is 0.762. The second-order valence-corrected chi connectivity index (χ2v) is 5.15. The van der Waals surface area contributed by atoms with Gasteiger partial charge < -0.3 is 0 Å². The molecule has 0 aromatic heterocycles. The number of aryl methyl sites for hydroxylation is 1. The van der Waals surface area contributed by atoms with Crippen LogP contribution in [0.25, 0.3) is 0 Å². The van der Waals surface area contributed by atoms with Gasteiger partial charge in [-0.3, -0.25) is 4.79 Å². The molecule has 0 saturated heterocycles. The molecule has 0 aliphatic carbocycles. The fourth-order valence-electron chi connectivity index (χ4n) is 1.76. The van der Waals surface area contributed by atoms with Gasteiger partial charge in [0, 0.05) is 22.5 Å². The SMILES string of the molecule is Cc1cc(C(=O)Cc2ccc(F)cc2F)ccc1Br. The molecule has 0 fully saturated rings. The topological polar surface area (TPSA) is 17.1 Å². The van der Waals surface area contributed by atoms with Crippen molar-refractivity contribution in [3.8, 4) is 0 Å². The van der Waals surface area contributed by atoms with Crippen LogP contribution >= 0.6 is 15.9 Å². The Balaban J connectivity index is 2.23. The van der Waals surface area contributed by atoms with Gasteiger partial charge in [0.2, 0.25) is 0 Å². The Morgan fingerprint density at radius 3 is 2.53 bits per heavy atom. The summed E-state index contributed by atoms with van der Waals surface area (Å²) in [6, 6.07) is 8.44. The number of Topliss-reactive ketones (excluding diaryl/α,β-unsaturated/α-hetero) is 1. The lowest BCUT2D eigenvalue weighted by Crippen LogP contribution is -2.06. The van der Waals surface area contributed by atoms with Crippen molar-refractivity contribution in [2.75, 3.05) is 0 Å². The lowest BCUT2D eigenvalue weighted by molar-refractivity contribution is 0.0991. The van der Waals surface area contributed by atoms with E-state index in [1.165, 1.54) is 6.07 Å². The molecule has 0 bridgehead atoms. The number of hydrogen-bond acceptors (Lipinski definition) is 1. The smallest absolute Gasteiger partial charge is 0.167 e. The van der Waals surface area contributed by atoms with Gasteiger partial charge >= 0.3 is 0 Å². The molecule has 0 amide bonds. The van der Waals surface area contributed by atoms with E-state index in [0.29, 0.717) is 5.56 Å². The lowest BCUT2D eigenvalue weighted by Gasteiger charge is -2.05. The zero-order valence-electron chi connectivity index (χ0n) is 10.2. The summed E-state index contributed by atoms with van der Waals surface area (Å²) in [6.07, 6.45) is -0.0762. The Bertz CT molecular complexity index is 638. The molecule has 0 atom stereocenters. The monoisotopic (exact) mass is 324 g/mol. The van der Waals surface area contributed by atoms with Crippen LogP contribution in [0.1, 0.15) is 21.5 Å². The summed E-state index contributed by atoms with van der Waals surface area (Å²) in [5, 5.41) is 0. The van der Waals surface area contributed by atoms with Crippen molar-refractivity contribution in [3.63, 3.8) is 0 Å². The van der Waals surface area contributed by atoms with Gasteiger partial charge in [-0.15, -0.1) is 0 Å².